The topological polar surface area (TPSA) is 79.1 Å². The minimum Gasteiger partial charge on any atom is -0.481 e. The van der Waals surface area contributed by atoms with E-state index in [1.807, 2.05) is 32.9 Å². The van der Waals surface area contributed by atoms with Crippen LogP contribution in [0.4, 0.5) is 0 Å². The van der Waals surface area contributed by atoms with Gasteiger partial charge in [-0.15, -0.1) is 0 Å². The number of methoxy groups -OCH3 is 2. The maximum absolute atomic E-state index is 12.9. The molecule has 0 radical (unpaired) electrons. The van der Waals surface area contributed by atoms with Crippen LogP contribution in [-0.2, 0) is 4.74 Å². The molecule has 7 nitrogen and oxygen atoms in total. The molecule has 0 aromatic carbocycles. The maximum Gasteiger partial charge on any atom is 0.272 e. The van der Waals surface area contributed by atoms with Gasteiger partial charge in [-0.3, -0.25) is 14.3 Å². The van der Waals surface area contributed by atoms with Gasteiger partial charge in [-0.25, -0.2) is 9.97 Å². The lowest BCUT2D eigenvalue weighted by Crippen LogP contribution is -2.30. The number of fused-ring (bicyclic) bond motifs is 1. The molecule has 7 heteroatoms. The normalized spacial score (nSPS) is 12.4. The van der Waals surface area contributed by atoms with E-state index >= 15 is 0 Å². The van der Waals surface area contributed by atoms with Gasteiger partial charge in [-0.1, -0.05) is 6.92 Å². The first-order valence-corrected chi connectivity index (χ1v) is 9.32. The van der Waals surface area contributed by atoms with Crippen LogP contribution < -0.4 is 10.3 Å². The van der Waals surface area contributed by atoms with E-state index in [0.29, 0.717) is 29.4 Å². The number of rotatable bonds is 6. The van der Waals surface area contributed by atoms with Crippen LogP contribution in [0.3, 0.4) is 0 Å². The third-order valence-electron chi connectivity index (χ3n) is 4.97. The molecule has 0 fully saturated rings. The molecular formula is C21H26N4O3. The second-order valence-electron chi connectivity index (χ2n) is 6.86. The summed E-state index contributed by atoms with van der Waals surface area (Å²) in [5, 5.41) is 0. The summed E-state index contributed by atoms with van der Waals surface area (Å²) in [4.78, 5) is 26.6. The summed E-state index contributed by atoms with van der Waals surface area (Å²) in [6, 6.07) is 3.76. The van der Waals surface area contributed by atoms with Gasteiger partial charge in [0.15, 0.2) is 0 Å². The minimum absolute atomic E-state index is 0.0752. The first kappa shape index (κ1) is 19.9. The van der Waals surface area contributed by atoms with Gasteiger partial charge in [0.2, 0.25) is 5.88 Å². The molecule has 0 bridgehead atoms. The fourth-order valence-corrected chi connectivity index (χ4v) is 3.50. The summed E-state index contributed by atoms with van der Waals surface area (Å²) >= 11 is 0. The van der Waals surface area contributed by atoms with E-state index in [4.69, 9.17) is 9.47 Å². The second kappa shape index (κ2) is 8.06. The van der Waals surface area contributed by atoms with Crippen molar-refractivity contribution in [3.63, 3.8) is 0 Å². The Balaban J connectivity index is 2.35. The van der Waals surface area contributed by atoms with Crippen LogP contribution in [0.5, 0.6) is 5.88 Å². The summed E-state index contributed by atoms with van der Waals surface area (Å²) in [7, 11) is 3.25. The lowest BCUT2D eigenvalue weighted by Gasteiger charge is -2.21. The standard InChI is InChI=1S/C21H26N4O3/c1-7-15(11-27-5)25-17-8-9-22-18(19(17)23-14(4)21(25)26)16-10-12(2)20(28-6)24-13(16)3/h8-10,15H,7,11H2,1-6H3/t15-/m0/s1. The molecule has 0 N–H and O–H groups in total. The molecule has 0 amide bonds. The monoisotopic (exact) mass is 382 g/mol. The van der Waals surface area contributed by atoms with Crippen molar-refractivity contribution >= 4 is 11.0 Å². The van der Waals surface area contributed by atoms with E-state index in [1.54, 1.807) is 31.9 Å². The number of hydrogen-bond acceptors (Lipinski definition) is 6. The Morgan fingerprint density at radius 3 is 2.54 bits per heavy atom. The molecule has 0 unspecified atom stereocenters. The van der Waals surface area contributed by atoms with Crippen molar-refractivity contribution < 1.29 is 9.47 Å². The number of hydrogen-bond donors (Lipinski definition) is 0. The predicted molar refractivity (Wildman–Crippen MR) is 109 cm³/mol. The highest BCUT2D eigenvalue weighted by atomic mass is 16.5. The van der Waals surface area contributed by atoms with Crippen LogP contribution in [0.1, 0.15) is 36.3 Å². The van der Waals surface area contributed by atoms with Crippen LogP contribution >= 0.6 is 0 Å². The van der Waals surface area contributed by atoms with Gasteiger partial charge in [-0.2, -0.15) is 0 Å². The molecule has 148 valence electrons. The third kappa shape index (κ3) is 3.38. The lowest BCUT2D eigenvalue weighted by molar-refractivity contribution is 0.153. The number of aryl methyl sites for hydroxylation is 3. The molecular weight excluding hydrogens is 356 g/mol. The zero-order valence-corrected chi connectivity index (χ0v) is 17.2. The number of aromatic nitrogens is 4. The molecule has 0 aliphatic heterocycles. The maximum atomic E-state index is 12.9. The highest BCUT2D eigenvalue weighted by Gasteiger charge is 2.20. The first-order valence-electron chi connectivity index (χ1n) is 9.32. The highest BCUT2D eigenvalue weighted by molar-refractivity contribution is 5.90. The van der Waals surface area contributed by atoms with Crippen molar-refractivity contribution in [1.82, 2.24) is 19.5 Å². The van der Waals surface area contributed by atoms with Crippen molar-refractivity contribution in [2.75, 3.05) is 20.8 Å². The Hall–Kier alpha value is -2.80. The van der Waals surface area contributed by atoms with Gasteiger partial charge >= 0.3 is 0 Å². The summed E-state index contributed by atoms with van der Waals surface area (Å²) in [6.07, 6.45) is 2.48. The molecule has 0 saturated heterocycles. The van der Waals surface area contributed by atoms with Gasteiger partial charge < -0.3 is 9.47 Å². The molecule has 1 atom stereocenters. The Kier molecular flexibility index (Phi) is 5.74. The first-order chi connectivity index (χ1) is 13.4. The average molecular weight is 382 g/mol. The Morgan fingerprint density at radius 2 is 1.89 bits per heavy atom. The Labute approximate surface area is 164 Å². The van der Waals surface area contributed by atoms with E-state index < -0.39 is 0 Å². The van der Waals surface area contributed by atoms with Crippen LogP contribution in [0, 0.1) is 20.8 Å². The fourth-order valence-electron chi connectivity index (χ4n) is 3.50. The summed E-state index contributed by atoms with van der Waals surface area (Å²) < 4.78 is 12.5. The summed E-state index contributed by atoms with van der Waals surface area (Å²) in [5.74, 6) is 0.591. The second-order valence-corrected chi connectivity index (χ2v) is 6.86. The molecule has 0 saturated carbocycles. The number of pyridine rings is 2. The van der Waals surface area contributed by atoms with Crippen molar-refractivity contribution in [1.29, 1.82) is 0 Å². The molecule has 0 aliphatic rings. The van der Waals surface area contributed by atoms with Crippen molar-refractivity contribution in [2.45, 2.75) is 40.2 Å². The van der Waals surface area contributed by atoms with Crippen LogP contribution in [0.2, 0.25) is 0 Å². The molecule has 3 aromatic rings. The highest BCUT2D eigenvalue weighted by Crippen LogP contribution is 2.31. The molecule has 3 heterocycles. The molecule has 28 heavy (non-hydrogen) atoms. The average Bonchev–Trinajstić information content (AvgIpc) is 2.69. The molecule has 3 aromatic heterocycles. The molecule has 0 spiro atoms. The van der Waals surface area contributed by atoms with E-state index in [-0.39, 0.29) is 11.6 Å². The zero-order chi connectivity index (χ0) is 20.4. The Morgan fingerprint density at radius 1 is 1.14 bits per heavy atom. The van der Waals surface area contributed by atoms with Gasteiger partial charge in [0.05, 0.1) is 36.7 Å². The van der Waals surface area contributed by atoms with Gasteiger partial charge in [0.1, 0.15) is 11.2 Å². The molecule has 3 rings (SSSR count). The van der Waals surface area contributed by atoms with Crippen molar-refractivity contribution in [3.8, 4) is 17.1 Å². The van der Waals surface area contributed by atoms with E-state index in [0.717, 1.165) is 28.8 Å². The van der Waals surface area contributed by atoms with Gasteiger partial charge in [-0.05, 0) is 39.3 Å². The number of nitrogens with zero attached hydrogens (tertiary/aromatic N) is 4. The predicted octanol–water partition coefficient (Wildman–Crippen LogP) is 3.38. The fraction of sp³-hybridized carbons (Fsp3) is 0.429. The lowest BCUT2D eigenvalue weighted by atomic mass is 10.1. The molecule has 0 aliphatic carbocycles. The largest absolute Gasteiger partial charge is 0.481 e. The van der Waals surface area contributed by atoms with E-state index in [2.05, 4.69) is 15.0 Å². The summed E-state index contributed by atoms with van der Waals surface area (Å²) in [6.45, 7) is 8.09. The quantitative estimate of drug-likeness (QED) is 0.650. The van der Waals surface area contributed by atoms with Crippen LogP contribution in [-0.4, -0.2) is 40.3 Å². The Bertz CT molecular complexity index is 1080. The van der Waals surface area contributed by atoms with Gasteiger partial charge in [0.25, 0.3) is 5.56 Å². The van der Waals surface area contributed by atoms with Crippen LogP contribution in [0.25, 0.3) is 22.3 Å². The van der Waals surface area contributed by atoms with E-state index in [9.17, 15) is 4.79 Å². The smallest absolute Gasteiger partial charge is 0.272 e. The SMILES string of the molecule is CC[C@@H](COC)n1c(=O)c(C)nc2c(-c3cc(C)c(OC)nc3C)nccc21. The van der Waals surface area contributed by atoms with Crippen molar-refractivity contribution in [3.05, 3.63) is 45.6 Å². The number of ether oxygens (including phenoxy) is 2. The van der Waals surface area contributed by atoms with E-state index in [1.165, 1.54) is 0 Å². The van der Waals surface area contributed by atoms with Gasteiger partial charge in [0, 0.05) is 24.4 Å². The third-order valence-corrected chi connectivity index (χ3v) is 4.97. The minimum atomic E-state index is -0.102. The van der Waals surface area contributed by atoms with Crippen molar-refractivity contribution in [2.24, 2.45) is 0 Å². The zero-order valence-electron chi connectivity index (χ0n) is 17.2. The summed E-state index contributed by atoms with van der Waals surface area (Å²) in [5.41, 5.74) is 5.06. The van der Waals surface area contributed by atoms with Crippen LogP contribution in [0.15, 0.2) is 23.1 Å².